The second kappa shape index (κ2) is 6.00. The van der Waals surface area contributed by atoms with Gasteiger partial charge in [0, 0.05) is 23.1 Å². The van der Waals surface area contributed by atoms with Crippen molar-refractivity contribution in [3.8, 4) is 0 Å². The number of hydrogen-bond donors (Lipinski definition) is 2. The predicted molar refractivity (Wildman–Crippen MR) is 87.0 cm³/mol. The Morgan fingerprint density at radius 2 is 2.00 bits per heavy atom. The predicted octanol–water partition coefficient (Wildman–Crippen LogP) is 3.54. The number of carbonyl (C=O) groups excluding carboxylic acids is 1. The lowest BCUT2D eigenvalue weighted by Crippen LogP contribution is -2.26. The maximum Gasteiger partial charge on any atom is 0.251 e. The summed E-state index contributed by atoms with van der Waals surface area (Å²) in [6.07, 6.45) is 0. The Kier molecular flexibility index (Phi) is 4.08. The molecule has 0 saturated carbocycles. The summed E-state index contributed by atoms with van der Waals surface area (Å²) in [5, 5.41) is 6.34. The summed E-state index contributed by atoms with van der Waals surface area (Å²) in [4.78, 5) is 12.4. The van der Waals surface area contributed by atoms with E-state index in [1.807, 2.05) is 49.4 Å². The minimum Gasteiger partial charge on any atom is -0.346 e. The molecule has 2 aromatic rings. The van der Waals surface area contributed by atoms with E-state index in [-0.39, 0.29) is 11.9 Å². The lowest BCUT2D eigenvalue weighted by molar-refractivity contribution is 0.0940. The lowest BCUT2D eigenvalue weighted by Gasteiger charge is -2.15. The van der Waals surface area contributed by atoms with Gasteiger partial charge in [-0.2, -0.15) is 0 Å². The van der Waals surface area contributed by atoms with E-state index in [1.165, 1.54) is 11.1 Å². The van der Waals surface area contributed by atoms with Crippen molar-refractivity contribution >= 4 is 21.8 Å². The third-order valence-electron chi connectivity index (χ3n) is 3.80. The van der Waals surface area contributed by atoms with Crippen molar-refractivity contribution in [2.75, 3.05) is 0 Å². The standard InChI is InChI=1S/C17H17BrN2O/c1-11(12-3-2-4-16(18)8-12)20-17(21)13-5-6-14-9-19-10-15(14)7-13/h2-8,11,19H,9-10H2,1H3,(H,20,21)/t11-/m1/s1. The van der Waals surface area contributed by atoms with Crippen LogP contribution in [0.15, 0.2) is 46.9 Å². The normalized spacial score (nSPS) is 14.6. The lowest BCUT2D eigenvalue weighted by atomic mass is 10.0. The molecule has 0 radical (unpaired) electrons. The summed E-state index contributed by atoms with van der Waals surface area (Å²) in [5.74, 6) is -0.0304. The van der Waals surface area contributed by atoms with Crippen LogP contribution in [0.25, 0.3) is 0 Å². The van der Waals surface area contributed by atoms with Gasteiger partial charge in [0.25, 0.3) is 5.91 Å². The van der Waals surface area contributed by atoms with Crippen LogP contribution in [-0.2, 0) is 13.1 Å². The monoisotopic (exact) mass is 344 g/mol. The molecule has 0 fully saturated rings. The van der Waals surface area contributed by atoms with Crippen LogP contribution in [0.5, 0.6) is 0 Å². The van der Waals surface area contributed by atoms with Crippen molar-refractivity contribution < 1.29 is 4.79 Å². The largest absolute Gasteiger partial charge is 0.346 e. The molecule has 21 heavy (non-hydrogen) atoms. The van der Waals surface area contributed by atoms with Gasteiger partial charge in [-0.25, -0.2) is 0 Å². The van der Waals surface area contributed by atoms with Crippen molar-refractivity contribution in [2.24, 2.45) is 0 Å². The fourth-order valence-corrected chi connectivity index (χ4v) is 2.99. The zero-order valence-corrected chi connectivity index (χ0v) is 13.4. The van der Waals surface area contributed by atoms with E-state index in [0.717, 1.165) is 28.7 Å². The first-order valence-electron chi connectivity index (χ1n) is 7.02. The zero-order valence-electron chi connectivity index (χ0n) is 11.8. The molecule has 0 unspecified atom stereocenters. The molecule has 108 valence electrons. The number of fused-ring (bicyclic) bond motifs is 1. The zero-order chi connectivity index (χ0) is 14.8. The van der Waals surface area contributed by atoms with Crippen molar-refractivity contribution in [3.63, 3.8) is 0 Å². The average Bonchev–Trinajstić information content (AvgIpc) is 2.94. The van der Waals surface area contributed by atoms with Crippen LogP contribution < -0.4 is 10.6 Å². The Morgan fingerprint density at radius 3 is 2.81 bits per heavy atom. The number of hydrogen-bond acceptors (Lipinski definition) is 2. The molecule has 0 aromatic heterocycles. The van der Waals surface area contributed by atoms with E-state index in [4.69, 9.17) is 0 Å². The molecule has 2 aromatic carbocycles. The Hall–Kier alpha value is -1.65. The maximum atomic E-state index is 12.4. The summed E-state index contributed by atoms with van der Waals surface area (Å²) in [6, 6.07) is 13.9. The summed E-state index contributed by atoms with van der Waals surface area (Å²) in [5.41, 5.74) is 4.31. The van der Waals surface area contributed by atoms with Crippen LogP contribution in [0.4, 0.5) is 0 Å². The molecule has 1 amide bonds. The molecule has 4 heteroatoms. The molecule has 1 aliphatic rings. The Labute approximate surface area is 132 Å². The number of carbonyl (C=O) groups is 1. The van der Waals surface area contributed by atoms with Crippen LogP contribution in [0.3, 0.4) is 0 Å². The number of amides is 1. The van der Waals surface area contributed by atoms with Crippen LogP contribution >= 0.6 is 15.9 Å². The van der Waals surface area contributed by atoms with Crippen LogP contribution in [0.2, 0.25) is 0 Å². The van der Waals surface area contributed by atoms with Crippen molar-refractivity contribution in [3.05, 3.63) is 69.2 Å². The van der Waals surface area contributed by atoms with E-state index >= 15 is 0 Å². The van der Waals surface area contributed by atoms with Gasteiger partial charge in [-0.3, -0.25) is 4.79 Å². The minimum absolute atomic E-state index is 0.0265. The molecule has 0 bridgehead atoms. The first-order valence-corrected chi connectivity index (χ1v) is 7.81. The molecule has 3 rings (SSSR count). The van der Waals surface area contributed by atoms with Gasteiger partial charge in [-0.1, -0.05) is 34.1 Å². The molecular weight excluding hydrogens is 328 g/mol. The van der Waals surface area contributed by atoms with E-state index in [9.17, 15) is 4.79 Å². The molecule has 1 atom stereocenters. The van der Waals surface area contributed by atoms with Gasteiger partial charge in [-0.05, 0) is 47.9 Å². The van der Waals surface area contributed by atoms with Gasteiger partial charge in [0.1, 0.15) is 0 Å². The van der Waals surface area contributed by atoms with E-state index in [2.05, 4.69) is 26.6 Å². The van der Waals surface area contributed by atoms with Gasteiger partial charge >= 0.3 is 0 Å². The Bertz CT molecular complexity index is 684. The third-order valence-corrected chi connectivity index (χ3v) is 4.29. The fourth-order valence-electron chi connectivity index (χ4n) is 2.58. The summed E-state index contributed by atoms with van der Waals surface area (Å²) < 4.78 is 1.02. The molecule has 1 aliphatic heterocycles. The molecular formula is C17H17BrN2O. The number of nitrogens with one attached hydrogen (secondary N) is 2. The number of benzene rings is 2. The van der Waals surface area contributed by atoms with Gasteiger partial charge < -0.3 is 10.6 Å². The molecule has 1 heterocycles. The smallest absolute Gasteiger partial charge is 0.251 e. The molecule has 0 saturated heterocycles. The second-order valence-corrected chi connectivity index (χ2v) is 6.25. The van der Waals surface area contributed by atoms with Gasteiger partial charge in [0.2, 0.25) is 0 Å². The van der Waals surface area contributed by atoms with Crippen molar-refractivity contribution in [2.45, 2.75) is 26.1 Å². The van der Waals surface area contributed by atoms with Crippen LogP contribution in [0, 0.1) is 0 Å². The van der Waals surface area contributed by atoms with Crippen molar-refractivity contribution in [1.82, 2.24) is 10.6 Å². The topological polar surface area (TPSA) is 41.1 Å². The fraction of sp³-hybridized carbons (Fsp3) is 0.235. The Morgan fingerprint density at radius 1 is 1.19 bits per heavy atom. The first-order chi connectivity index (χ1) is 10.1. The molecule has 0 spiro atoms. The SMILES string of the molecule is C[C@@H](NC(=O)c1ccc2c(c1)CNC2)c1cccc(Br)c1. The second-order valence-electron chi connectivity index (χ2n) is 5.34. The quantitative estimate of drug-likeness (QED) is 0.893. The highest BCUT2D eigenvalue weighted by molar-refractivity contribution is 9.10. The highest BCUT2D eigenvalue weighted by atomic mass is 79.9. The number of halogens is 1. The summed E-state index contributed by atoms with van der Waals surface area (Å²) >= 11 is 3.46. The van der Waals surface area contributed by atoms with E-state index in [1.54, 1.807) is 0 Å². The summed E-state index contributed by atoms with van der Waals surface area (Å²) in [6.45, 7) is 3.73. The Balaban J connectivity index is 1.74. The number of rotatable bonds is 3. The minimum atomic E-state index is -0.0304. The third kappa shape index (κ3) is 3.17. The average molecular weight is 345 g/mol. The molecule has 0 aliphatic carbocycles. The van der Waals surface area contributed by atoms with Crippen LogP contribution in [0.1, 0.15) is 40.0 Å². The van der Waals surface area contributed by atoms with Crippen molar-refractivity contribution in [1.29, 1.82) is 0 Å². The van der Waals surface area contributed by atoms with E-state index in [0.29, 0.717) is 0 Å². The van der Waals surface area contributed by atoms with Crippen LogP contribution in [-0.4, -0.2) is 5.91 Å². The molecule has 2 N–H and O–H groups in total. The first kappa shape index (κ1) is 14.3. The van der Waals surface area contributed by atoms with Gasteiger partial charge in [0.15, 0.2) is 0 Å². The highest BCUT2D eigenvalue weighted by Gasteiger charge is 2.15. The highest BCUT2D eigenvalue weighted by Crippen LogP contribution is 2.20. The molecule has 3 nitrogen and oxygen atoms in total. The summed E-state index contributed by atoms with van der Waals surface area (Å²) in [7, 11) is 0. The van der Waals surface area contributed by atoms with Gasteiger partial charge in [-0.15, -0.1) is 0 Å². The van der Waals surface area contributed by atoms with E-state index < -0.39 is 0 Å². The maximum absolute atomic E-state index is 12.4. The van der Waals surface area contributed by atoms with Gasteiger partial charge in [0.05, 0.1) is 6.04 Å².